The number of unbranched alkanes of at least 4 members (excludes halogenated alkanes) is 3. The standard InChI is InChI=1S/C40H47FN4S3/c1-5-9-12-27(8-4)13-14-28-15-20-31(33(41)23-28)34-24-36-37(46-34)25-35(47-36)32-26-42-38(40-39(32)43-48-44-40)29-16-18-30(19-17-29)45(21-10-6-2)22-11-7-3/h15-20,23-27H,5-14,21-22H2,1-4H3. The van der Waals surface area contributed by atoms with Crippen molar-refractivity contribution in [3.63, 3.8) is 0 Å². The summed E-state index contributed by atoms with van der Waals surface area (Å²) in [4.78, 5) is 9.52. The van der Waals surface area contributed by atoms with Gasteiger partial charge in [-0.3, -0.25) is 4.98 Å². The minimum atomic E-state index is -0.124. The Hall–Kier alpha value is -3.20. The van der Waals surface area contributed by atoms with Crippen LogP contribution >= 0.6 is 34.4 Å². The molecule has 0 fully saturated rings. The van der Waals surface area contributed by atoms with Gasteiger partial charge in [0, 0.05) is 60.8 Å². The number of thiophene rings is 2. The van der Waals surface area contributed by atoms with Crippen molar-refractivity contribution in [2.24, 2.45) is 5.92 Å². The molecule has 0 aliphatic heterocycles. The molecule has 0 N–H and O–H groups in total. The van der Waals surface area contributed by atoms with Crippen LogP contribution in [0.3, 0.4) is 0 Å². The molecule has 6 aromatic rings. The molecule has 1 unspecified atom stereocenters. The van der Waals surface area contributed by atoms with Gasteiger partial charge >= 0.3 is 0 Å². The predicted octanol–water partition coefficient (Wildman–Crippen LogP) is 13.1. The lowest BCUT2D eigenvalue weighted by atomic mass is 9.92. The predicted molar refractivity (Wildman–Crippen MR) is 208 cm³/mol. The molecule has 0 bridgehead atoms. The fourth-order valence-electron chi connectivity index (χ4n) is 6.49. The Morgan fingerprint density at radius 2 is 1.40 bits per heavy atom. The van der Waals surface area contributed by atoms with Crippen LogP contribution in [0.2, 0.25) is 0 Å². The third kappa shape index (κ3) is 7.82. The summed E-state index contributed by atoms with van der Waals surface area (Å²) in [6, 6.07) is 19.0. The first-order valence-electron chi connectivity index (χ1n) is 17.8. The number of hydrogen-bond acceptors (Lipinski definition) is 7. The second-order valence-electron chi connectivity index (χ2n) is 12.9. The van der Waals surface area contributed by atoms with E-state index in [1.165, 1.54) is 68.8 Å². The van der Waals surface area contributed by atoms with Crippen LogP contribution in [0.1, 0.15) is 91.0 Å². The summed E-state index contributed by atoms with van der Waals surface area (Å²) in [6.45, 7) is 11.2. The van der Waals surface area contributed by atoms with Gasteiger partial charge < -0.3 is 4.90 Å². The topological polar surface area (TPSA) is 41.9 Å². The largest absolute Gasteiger partial charge is 0.372 e. The van der Waals surface area contributed by atoms with E-state index < -0.39 is 0 Å². The average Bonchev–Trinajstić information content (AvgIpc) is 3.85. The summed E-state index contributed by atoms with van der Waals surface area (Å²) < 4.78 is 27.1. The van der Waals surface area contributed by atoms with Crippen LogP contribution in [0.15, 0.2) is 60.8 Å². The molecule has 2 aromatic carbocycles. The number of hydrogen-bond donors (Lipinski definition) is 0. The van der Waals surface area contributed by atoms with Crippen molar-refractivity contribution in [2.45, 2.75) is 91.9 Å². The Morgan fingerprint density at radius 3 is 2.04 bits per heavy atom. The van der Waals surface area contributed by atoms with E-state index in [0.717, 1.165) is 84.4 Å². The van der Waals surface area contributed by atoms with Crippen LogP contribution in [-0.4, -0.2) is 26.8 Å². The van der Waals surface area contributed by atoms with Crippen LogP contribution in [0, 0.1) is 11.7 Å². The highest BCUT2D eigenvalue weighted by Crippen LogP contribution is 2.44. The monoisotopic (exact) mass is 698 g/mol. The van der Waals surface area contributed by atoms with E-state index in [0.29, 0.717) is 5.56 Å². The number of fused-ring (bicyclic) bond motifs is 2. The van der Waals surface area contributed by atoms with E-state index in [-0.39, 0.29) is 5.82 Å². The van der Waals surface area contributed by atoms with Crippen LogP contribution in [0.4, 0.5) is 10.1 Å². The number of aryl methyl sites for hydroxylation is 1. The minimum Gasteiger partial charge on any atom is -0.372 e. The Kier molecular flexibility index (Phi) is 11.9. The smallest absolute Gasteiger partial charge is 0.132 e. The summed E-state index contributed by atoms with van der Waals surface area (Å²) in [6.07, 6.45) is 13.8. The molecular weight excluding hydrogens is 652 g/mol. The van der Waals surface area contributed by atoms with Crippen molar-refractivity contribution in [2.75, 3.05) is 18.0 Å². The Bertz CT molecular complexity index is 1880. The van der Waals surface area contributed by atoms with Crippen molar-refractivity contribution in [3.8, 4) is 32.1 Å². The molecular formula is C40H47FN4S3. The third-order valence-electron chi connectivity index (χ3n) is 9.52. The second-order valence-corrected chi connectivity index (χ2v) is 15.6. The van der Waals surface area contributed by atoms with Gasteiger partial charge in [-0.05, 0) is 67.5 Å². The van der Waals surface area contributed by atoms with Crippen molar-refractivity contribution in [1.82, 2.24) is 13.7 Å². The third-order valence-corrected chi connectivity index (χ3v) is 12.4. The van der Waals surface area contributed by atoms with Gasteiger partial charge in [0.1, 0.15) is 16.9 Å². The van der Waals surface area contributed by atoms with Crippen LogP contribution in [0.25, 0.3) is 52.6 Å². The van der Waals surface area contributed by atoms with Gasteiger partial charge in [-0.25, -0.2) is 4.39 Å². The average molecular weight is 699 g/mol. The summed E-state index contributed by atoms with van der Waals surface area (Å²) in [7, 11) is 0. The fourth-order valence-corrected chi connectivity index (χ4v) is 9.49. The number of rotatable bonds is 17. The van der Waals surface area contributed by atoms with Crippen LogP contribution < -0.4 is 4.90 Å². The normalized spacial score (nSPS) is 12.4. The molecule has 0 amide bonds. The highest BCUT2D eigenvalue weighted by Gasteiger charge is 2.19. The molecule has 1 atom stereocenters. The number of nitrogens with zero attached hydrogens (tertiary/aromatic N) is 4. The maximum absolute atomic E-state index is 15.4. The van der Waals surface area contributed by atoms with Gasteiger partial charge in [0.2, 0.25) is 0 Å². The first-order chi connectivity index (χ1) is 23.5. The molecule has 252 valence electrons. The molecule has 0 aliphatic rings. The number of halogens is 1. The zero-order valence-corrected chi connectivity index (χ0v) is 31.2. The number of benzene rings is 2. The van der Waals surface area contributed by atoms with Crippen LogP contribution in [0.5, 0.6) is 0 Å². The quantitative estimate of drug-likeness (QED) is 0.0951. The van der Waals surface area contributed by atoms with Gasteiger partial charge in [0.25, 0.3) is 0 Å². The molecule has 4 aromatic heterocycles. The zero-order chi connectivity index (χ0) is 33.5. The van der Waals surface area contributed by atoms with Gasteiger partial charge in [-0.2, -0.15) is 8.75 Å². The SMILES string of the molecule is CCCCC(CC)CCc1ccc(-c2cc3sc(-c4cnc(-c5ccc(N(CCCC)CCCC)cc5)c5nsnc45)cc3s2)c(F)c1. The van der Waals surface area contributed by atoms with Crippen molar-refractivity contribution >= 4 is 60.5 Å². The molecule has 6 rings (SSSR count). The second kappa shape index (κ2) is 16.5. The Balaban J connectivity index is 1.20. The fraction of sp³-hybridized carbons (Fsp3) is 0.425. The van der Waals surface area contributed by atoms with E-state index in [4.69, 9.17) is 13.7 Å². The summed E-state index contributed by atoms with van der Waals surface area (Å²) in [5, 5.41) is 0. The Morgan fingerprint density at radius 1 is 0.729 bits per heavy atom. The van der Waals surface area contributed by atoms with E-state index in [9.17, 15) is 0 Å². The first kappa shape index (κ1) is 34.7. The Labute approximate surface area is 297 Å². The van der Waals surface area contributed by atoms with E-state index in [1.54, 1.807) is 28.7 Å². The lowest BCUT2D eigenvalue weighted by Crippen LogP contribution is -2.25. The lowest BCUT2D eigenvalue weighted by molar-refractivity contribution is 0.421. The number of pyridine rings is 1. The van der Waals surface area contributed by atoms with Crippen molar-refractivity contribution in [1.29, 1.82) is 0 Å². The first-order valence-corrected chi connectivity index (χ1v) is 20.2. The maximum Gasteiger partial charge on any atom is 0.132 e. The molecule has 48 heavy (non-hydrogen) atoms. The van der Waals surface area contributed by atoms with E-state index in [2.05, 4.69) is 75.1 Å². The highest BCUT2D eigenvalue weighted by atomic mass is 32.1. The van der Waals surface area contributed by atoms with Gasteiger partial charge in [0.05, 0.1) is 17.4 Å². The summed E-state index contributed by atoms with van der Waals surface area (Å²) >= 11 is 4.60. The van der Waals surface area contributed by atoms with Gasteiger partial charge in [0.15, 0.2) is 0 Å². The number of aromatic nitrogens is 3. The van der Waals surface area contributed by atoms with Crippen molar-refractivity contribution < 1.29 is 4.39 Å². The molecule has 0 radical (unpaired) electrons. The maximum atomic E-state index is 15.4. The molecule has 0 aliphatic carbocycles. The molecule has 4 nitrogen and oxygen atoms in total. The minimum absolute atomic E-state index is 0.124. The van der Waals surface area contributed by atoms with Gasteiger partial charge in [-0.15, -0.1) is 22.7 Å². The summed E-state index contributed by atoms with van der Waals surface area (Å²) in [5.74, 6) is 0.604. The highest BCUT2D eigenvalue weighted by molar-refractivity contribution is 7.31. The number of anilines is 1. The van der Waals surface area contributed by atoms with E-state index >= 15 is 4.39 Å². The molecule has 0 saturated carbocycles. The molecule has 0 spiro atoms. The lowest BCUT2D eigenvalue weighted by Gasteiger charge is -2.25. The van der Waals surface area contributed by atoms with E-state index in [1.807, 2.05) is 12.3 Å². The molecule has 0 saturated heterocycles. The zero-order valence-electron chi connectivity index (χ0n) is 28.7. The van der Waals surface area contributed by atoms with Gasteiger partial charge in [-0.1, -0.05) is 90.5 Å². The van der Waals surface area contributed by atoms with Crippen LogP contribution in [-0.2, 0) is 6.42 Å². The van der Waals surface area contributed by atoms with Crippen molar-refractivity contribution in [3.05, 3.63) is 72.2 Å². The molecule has 8 heteroatoms. The summed E-state index contributed by atoms with van der Waals surface area (Å²) in [5.41, 5.74) is 7.70. The molecule has 4 heterocycles.